The quantitative estimate of drug-likeness (QED) is 0.754. The maximum absolute atomic E-state index is 11.9. The van der Waals surface area contributed by atoms with Crippen molar-refractivity contribution in [1.82, 2.24) is 10.1 Å². The second-order valence-electron chi connectivity index (χ2n) is 4.23. The lowest BCUT2D eigenvalue weighted by atomic mass is 10.2. The molecule has 1 aromatic rings. The van der Waals surface area contributed by atoms with Gasteiger partial charge in [-0.1, -0.05) is 5.16 Å². The molecule has 1 unspecified atom stereocenters. The van der Waals surface area contributed by atoms with Gasteiger partial charge in [-0.3, -0.25) is 4.79 Å². The largest absolute Gasteiger partial charge is 0.364 e. The lowest BCUT2D eigenvalue weighted by Crippen LogP contribution is -2.38. The van der Waals surface area contributed by atoms with Gasteiger partial charge in [0.1, 0.15) is 6.26 Å². The summed E-state index contributed by atoms with van der Waals surface area (Å²) < 4.78 is 27.3. The Kier molecular flexibility index (Phi) is 3.19. The number of carbonyl (C=O) groups excluding carboxylic acids is 1. The number of carbonyl (C=O) groups is 1. The van der Waals surface area contributed by atoms with Gasteiger partial charge in [0, 0.05) is 19.2 Å². The minimum atomic E-state index is -2.96. The first-order chi connectivity index (χ1) is 7.98. The molecule has 0 saturated carbocycles. The van der Waals surface area contributed by atoms with Gasteiger partial charge in [0.15, 0.2) is 9.84 Å². The third-order valence-corrected chi connectivity index (χ3v) is 4.72. The highest BCUT2D eigenvalue weighted by molar-refractivity contribution is 7.91. The van der Waals surface area contributed by atoms with E-state index in [1.807, 2.05) is 0 Å². The van der Waals surface area contributed by atoms with Gasteiger partial charge in [0.25, 0.3) is 0 Å². The lowest BCUT2D eigenvalue weighted by molar-refractivity contribution is -0.130. The fourth-order valence-electron chi connectivity index (χ4n) is 1.89. The Labute approximate surface area is 99.5 Å². The van der Waals surface area contributed by atoms with Crippen LogP contribution in [0.4, 0.5) is 0 Å². The summed E-state index contributed by atoms with van der Waals surface area (Å²) in [5.41, 5.74) is 0.558. The zero-order valence-electron chi connectivity index (χ0n) is 9.50. The number of amides is 1. The van der Waals surface area contributed by atoms with Crippen LogP contribution in [0.3, 0.4) is 0 Å². The molecule has 7 heteroatoms. The van der Waals surface area contributed by atoms with Crippen LogP contribution < -0.4 is 0 Å². The maximum Gasteiger partial charge on any atom is 0.228 e. The van der Waals surface area contributed by atoms with Crippen LogP contribution in [0.25, 0.3) is 0 Å². The molecule has 17 heavy (non-hydrogen) atoms. The van der Waals surface area contributed by atoms with Crippen molar-refractivity contribution in [3.63, 3.8) is 0 Å². The summed E-state index contributed by atoms with van der Waals surface area (Å²) in [6, 6.07) is 1.41. The van der Waals surface area contributed by atoms with Crippen LogP contribution in [0.1, 0.15) is 12.1 Å². The summed E-state index contributed by atoms with van der Waals surface area (Å²) in [6.45, 7) is 0. The molecule has 0 aliphatic carbocycles. The summed E-state index contributed by atoms with van der Waals surface area (Å²) in [5, 5.41) is 3.65. The minimum absolute atomic E-state index is 0.0635. The lowest BCUT2D eigenvalue weighted by Gasteiger charge is -2.22. The van der Waals surface area contributed by atoms with Crippen LogP contribution in [0, 0.1) is 0 Å². The summed E-state index contributed by atoms with van der Waals surface area (Å²) in [7, 11) is -1.33. The topological polar surface area (TPSA) is 80.5 Å². The highest BCUT2D eigenvalue weighted by atomic mass is 32.2. The van der Waals surface area contributed by atoms with Crippen LogP contribution in [0.5, 0.6) is 0 Å². The highest BCUT2D eigenvalue weighted by Crippen LogP contribution is 2.17. The molecular weight excluding hydrogens is 244 g/mol. The van der Waals surface area contributed by atoms with Gasteiger partial charge in [-0.15, -0.1) is 0 Å². The van der Waals surface area contributed by atoms with E-state index in [0.717, 1.165) is 0 Å². The van der Waals surface area contributed by atoms with E-state index in [0.29, 0.717) is 12.1 Å². The minimum Gasteiger partial charge on any atom is -0.364 e. The fourth-order valence-corrected chi connectivity index (χ4v) is 3.67. The molecule has 2 heterocycles. The first kappa shape index (κ1) is 12.1. The molecule has 1 atom stereocenters. The maximum atomic E-state index is 11.9. The van der Waals surface area contributed by atoms with Crippen molar-refractivity contribution in [3.8, 4) is 0 Å². The van der Waals surface area contributed by atoms with Gasteiger partial charge < -0.3 is 9.42 Å². The number of aromatic nitrogens is 1. The Morgan fingerprint density at radius 1 is 1.65 bits per heavy atom. The molecule has 1 saturated heterocycles. The Bertz CT molecular complexity index is 494. The summed E-state index contributed by atoms with van der Waals surface area (Å²) in [4.78, 5) is 13.4. The third-order valence-electron chi connectivity index (χ3n) is 2.97. The molecule has 0 bridgehead atoms. The molecule has 0 radical (unpaired) electrons. The first-order valence-electron chi connectivity index (χ1n) is 5.33. The Hall–Kier alpha value is -1.37. The number of sulfone groups is 1. The smallest absolute Gasteiger partial charge is 0.228 e. The molecule has 94 valence electrons. The molecular formula is C10H14N2O4S. The van der Waals surface area contributed by atoms with E-state index in [2.05, 4.69) is 9.68 Å². The Morgan fingerprint density at radius 2 is 2.41 bits per heavy atom. The van der Waals surface area contributed by atoms with E-state index in [1.54, 1.807) is 13.1 Å². The van der Waals surface area contributed by atoms with Crippen LogP contribution in [0.2, 0.25) is 0 Å². The summed E-state index contributed by atoms with van der Waals surface area (Å²) >= 11 is 0. The van der Waals surface area contributed by atoms with Crippen molar-refractivity contribution in [2.45, 2.75) is 18.9 Å². The number of rotatable bonds is 3. The average Bonchev–Trinajstić information content (AvgIpc) is 2.86. The predicted molar refractivity (Wildman–Crippen MR) is 60.0 cm³/mol. The van der Waals surface area contributed by atoms with Crippen LogP contribution in [-0.4, -0.2) is 49.0 Å². The van der Waals surface area contributed by atoms with Crippen LogP contribution in [0.15, 0.2) is 16.9 Å². The second-order valence-corrected chi connectivity index (χ2v) is 6.46. The van der Waals surface area contributed by atoms with Crippen molar-refractivity contribution in [1.29, 1.82) is 0 Å². The van der Waals surface area contributed by atoms with Crippen molar-refractivity contribution >= 4 is 15.7 Å². The summed E-state index contributed by atoms with van der Waals surface area (Å²) in [6.07, 6.45) is 2.07. The van der Waals surface area contributed by atoms with E-state index in [9.17, 15) is 13.2 Å². The monoisotopic (exact) mass is 258 g/mol. The van der Waals surface area contributed by atoms with E-state index in [1.165, 1.54) is 11.2 Å². The van der Waals surface area contributed by atoms with Gasteiger partial charge >= 0.3 is 0 Å². The molecule has 1 aliphatic heterocycles. The van der Waals surface area contributed by atoms with Gasteiger partial charge in [0.05, 0.1) is 23.6 Å². The second kappa shape index (κ2) is 4.48. The van der Waals surface area contributed by atoms with E-state index in [-0.39, 0.29) is 29.9 Å². The van der Waals surface area contributed by atoms with Crippen LogP contribution in [-0.2, 0) is 21.1 Å². The highest BCUT2D eigenvalue weighted by Gasteiger charge is 2.32. The van der Waals surface area contributed by atoms with Gasteiger partial charge in [-0.2, -0.15) is 0 Å². The van der Waals surface area contributed by atoms with Crippen molar-refractivity contribution in [2.24, 2.45) is 0 Å². The SMILES string of the molecule is CN(C(=O)Cc1ccon1)C1CCS(=O)(=O)C1. The molecule has 1 fully saturated rings. The zero-order valence-corrected chi connectivity index (χ0v) is 10.3. The average molecular weight is 258 g/mol. The molecule has 6 nitrogen and oxygen atoms in total. The molecule has 1 aliphatic rings. The van der Waals surface area contributed by atoms with Crippen molar-refractivity contribution in [3.05, 3.63) is 18.0 Å². The number of hydrogen-bond donors (Lipinski definition) is 0. The first-order valence-corrected chi connectivity index (χ1v) is 7.15. The molecule has 1 amide bonds. The van der Waals surface area contributed by atoms with Gasteiger partial charge in [-0.25, -0.2) is 8.42 Å². The van der Waals surface area contributed by atoms with Crippen molar-refractivity contribution in [2.75, 3.05) is 18.6 Å². The third kappa shape index (κ3) is 2.85. The Balaban J connectivity index is 1.96. The molecule has 1 aromatic heterocycles. The van der Waals surface area contributed by atoms with Gasteiger partial charge in [0.2, 0.25) is 5.91 Å². The number of nitrogens with zero attached hydrogens (tertiary/aromatic N) is 2. The van der Waals surface area contributed by atoms with Crippen molar-refractivity contribution < 1.29 is 17.7 Å². The van der Waals surface area contributed by atoms with E-state index in [4.69, 9.17) is 0 Å². The molecule has 0 N–H and O–H groups in total. The Morgan fingerprint density at radius 3 is 2.94 bits per heavy atom. The number of likely N-dealkylation sites (N-methyl/N-ethyl adjacent to an activating group) is 1. The zero-order chi connectivity index (χ0) is 12.5. The fraction of sp³-hybridized carbons (Fsp3) is 0.600. The molecule has 0 spiro atoms. The van der Waals surface area contributed by atoms with Gasteiger partial charge in [-0.05, 0) is 6.42 Å². The van der Waals surface area contributed by atoms with Crippen LogP contribution >= 0.6 is 0 Å². The summed E-state index contributed by atoms with van der Waals surface area (Å²) in [5.74, 6) is 0.0915. The molecule has 2 rings (SSSR count). The normalized spacial score (nSPS) is 22.5. The standard InChI is InChI=1S/C10H14N2O4S/c1-12(9-3-5-17(14,15)7-9)10(13)6-8-2-4-16-11-8/h2,4,9H,3,5-7H2,1H3. The number of hydrogen-bond acceptors (Lipinski definition) is 5. The predicted octanol–water partition coefficient (Wildman–Crippen LogP) is -0.137. The molecule has 0 aromatic carbocycles. The van der Waals surface area contributed by atoms with E-state index < -0.39 is 9.84 Å². The van der Waals surface area contributed by atoms with E-state index >= 15 is 0 Å².